The number of ether oxygens (including phenoxy) is 1. The van der Waals surface area contributed by atoms with E-state index in [1.165, 1.54) is 18.7 Å². The number of nitrogens with one attached hydrogen (secondary N) is 1. The van der Waals surface area contributed by atoms with Gasteiger partial charge in [-0.1, -0.05) is 30.3 Å². The Morgan fingerprint density at radius 3 is 2.53 bits per heavy atom. The molecule has 2 atom stereocenters. The van der Waals surface area contributed by atoms with Gasteiger partial charge in [0, 0.05) is 30.7 Å². The smallest absolute Gasteiger partial charge is 0.246 e. The summed E-state index contributed by atoms with van der Waals surface area (Å²) in [6, 6.07) is 16.9. The van der Waals surface area contributed by atoms with Crippen molar-refractivity contribution in [2.45, 2.75) is 37.3 Å². The zero-order valence-electron chi connectivity index (χ0n) is 18.2. The van der Waals surface area contributed by atoms with Crippen LogP contribution in [0.3, 0.4) is 0 Å². The molecule has 8 heteroatoms. The number of amides is 3. The Bertz CT molecular complexity index is 921. The fraction of sp³-hybridized carbons (Fsp3) is 0.375. The van der Waals surface area contributed by atoms with Crippen LogP contribution >= 0.6 is 11.8 Å². The second kappa shape index (κ2) is 11.6. The average molecular weight is 456 g/mol. The Morgan fingerprint density at radius 1 is 1.16 bits per heavy atom. The van der Waals surface area contributed by atoms with Crippen LogP contribution in [0.4, 0.5) is 0 Å². The first-order valence-corrected chi connectivity index (χ1v) is 11.7. The third-order valence-electron chi connectivity index (χ3n) is 5.30. The molecule has 0 aromatic heterocycles. The lowest BCUT2D eigenvalue weighted by Gasteiger charge is -2.33. The Kier molecular flexibility index (Phi) is 8.56. The molecule has 3 amide bonds. The molecule has 170 valence electrons. The fourth-order valence-electron chi connectivity index (χ4n) is 3.60. The first kappa shape index (κ1) is 23.7. The van der Waals surface area contributed by atoms with Crippen LogP contribution in [-0.4, -0.2) is 47.5 Å². The maximum absolute atomic E-state index is 13.0. The van der Waals surface area contributed by atoms with Crippen LogP contribution in [0.5, 0.6) is 5.75 Å². The number of piperidine rings is 1. The van der Waals surface area contributed by atoms with Gasteiger partial charge in [-0.15, -0.1) is 11.8 Å². The molecule has 32 heavy (non-hydrogen) atoms. The summed E-state index contributed by atoms with van der Waals surface area (Å²) in [5.74, 6) is -0.0123. The molecule has 2 aromatic carbocycles. The second-order valence-electron chi connectivity index (χ2n) is 7.84. The summed E-state index contributed by atoms with van der Waals surface area (Å²) in [4.78, 5) is 38.8. The number of nitrogens with two attached hydrogens (primary N) is 1. The quantitative estimate of drug-likeness (QED) is 0.566. The van der Waals surface area contributed by atoms with Crippen LogP contribution in [0.2, 0.25) is 0 Å². The van der Waals surface area contributed by atoms with Crippen LogP contribution in [0.25, 0.3) is 0 Å². The fourth-order valence-corrected chi connectivity index (χ4v) is 4.52. The summed E-state index contributed by atoms with van der Waals surface area (Å²) in [6.45, 7) is 2.76. The van der Waals surface area contributed by atoms with Gasteiger partial charge < -0.3 is 20.7 Å². The largest absolute Gasteiger partial charge is 0.489 e. The van der Waals surface area contributed by atoms with Gasteiger partial charge in [0.25, 0.3) is 0 Å². The molecule has 0 radical (unpaired) electrons. The minimum absolute atomic E-state index is 0.179. The van der Waals surface area contributed by atoms with E-state index in [1.807, 2.05) is 54.6 Å². The van der Waals surface area contributed by atoms with E-state index in [9.17, 15) is 14.4 Å². The summed E-state index contributed by atoms with van der Waals surface area (Å²) in [5, 5.41) is 2.75. The number of carbonyl (C=O) groups excluding carboxylic acids is 3. The van der Waals surface area contributed by atoms with Gasteiger partial charge in [0.1, 0.15) is 18.4 Å². The van der Waals surface area contributed by atoms with E-state index in [4.69, 9.17) is 10.5 Å². The van der Waals surface area contributed by atoms with Crippen molar-refractivity contribution in [1.29, 1.82) is 0 Å². The number of carbonyl (C=O) groups is 3. The third kappa shape index (κ3) is 7.02. The van der Waals surface area contributed by atoms with Crippen molar-refractivity contribution in [1.82, 2.24) is 10.2 Å². The number of rotatable bonds is 9. The van der Waals surface area contributed by atoms with E-state index >= 15 is 0 Å². The summed E-state index contributed by atoms with van der Waals surface area (Å²) < 4.78 is 5.81. The number of nitrogens with zero attached hydrogens (tertiary/aromatic N) is 1. The minimum Gasteiger partial charge on any atom is -0.489 e. The molecule has 1 fully saturated rings. The minimum atomic E-state index is -0.668. The number of benzene rings is 2. The van der Waals surface area contributed by atoms with E-state index in [-0.39, 0.29) is 23.6 Å². The highest BCUT2D eigenvalue weighted by molar-refractivity contribution is 7.99. The predicted octanol–water partition coefficient (Wildman–Crippen LogP) is 2.59. The van der Waals surface area contributed by atoms with Crippen molar-refractivity contribution in [3.05, 3.63) is 60.2 Å². The molecule has 1 aliphatic heterocycles. The van der Waals surface area contributed by atoms with Crippen molar-refractivity contribution >= 4 is 29.5 Å². The maximum Gasteiger partial charge on any atom is 0.246 e. The Labute approximate surface area is 192 Å². The lowest BCUT2D eigenvalue weighted by molar-refractivity contribution is -0.138. The van der Waals surface area contributed by atoms with Crippen molar-refractivity contribution in [3.8, 4) is 5.75 Å². The SMILES string of the molecule is CC(=O)NC(CSc1ccc(OCc2ccccc2)cc1)C(=O)N1CCCC(C(N)=O)C1. The molecular formula is C24H29N3O4S. The Morgan fingerprint density at radius 2 is 1.88 bits per heavy atom. The lowest BCUT2D eigenvalue weighted by Crippen LogP contribution is -2.53. The van der Waals surface area contributed by atoms with Crippen LogP contribution < -0.4 is 15.8 Å². The highest BCUT2D eigenvalue weighted by atomic mass is 32.2. The molecule has 3 N–H and O–H groups in total. The van der Waals surface area contributed by atoms with Gasteiger partial charge in [-0.05, 0) is 42.7 Å². The summed E-state index contributed by atoms with van der Waals surface area (Å²) in [7, 11) is 0. The maximum atomic E-state index is 13.0. The van der Waals surface area contributed by atoms with Crippen molar-refractivity contribution < 1.29 is 19.1 Å². The van der Waals surface area contributed by atoms with Crippen LogP contribution in [0, 0.1) is 5.92 Å². The topological polar surface area (TPSA) is 102 Å². The van der Waals surface area contributed by atoms with Crippen LogP contribution in [0.15, 0.2) is 59.5 Å². The molecule has 0 bridgehead atoms. The number of likely N-dealkylation sites (tertiary alicyclic amines) is 1. The molecule has 1 saturated heterocycles. The Hall–Kier alpha value is -3.00. The van der Waals surface area contributed by atoms with Crippen LogP contribution in [-0.2, 0) is 21.0 Å². The number of hydrogen-bond acceptors (Lipinski definition) is 5. The van der Waals surface area contributed by atoms with Gasteiger partial charge in [0.05, 0.1) is 5.92 Å². The first-order valence-electron chi connectivity index (χ1n) is 10.7. The van der Waals surface area contributed by atoms with Gasteiger partial charge in [-0.25, -0.2) is 0 Å². The first-order chi connectivity index (χ1) is 15.4. The number of hydrogen-bond donors (Lipinski definition) is 2. The van der Waals surface area contributed by atoms with E-state index in [0.29, 0.717) is 31.9 Å². The molecule has 3 rings (SSSR count). The third-order valence-corrected chi connectivity index (χ3v) is 6.41. The lowest BCUT2D eigenvalue weighted by atomic mass is 9.97. The number of thioether (sulfide) groups is 1. The normalized spacial score (nSPS) is 16.8. The van der Waals surface area contributed by atoms with Gasteiger partial charge >= 0.3 is 0 Å². The zero-order valence-corrected chi connectivity index (χ0v) is 19.0. The highest BCUT2D eigenvalue weighted by Crippen LogP contribution is 2.24. The molecule has 0 spiro atoms. The molecule has 1 heterocycles. The molecule has 2 unspecified atom stereocenters. The van der Waals surface area contributed by atoms with E-state index in [1.54, 1.807) is 4.90 Å². The number of primary amides is 1. The van der Waals surface area contributed by atoms with Crippen LogP contribution in [0.1, 0.15) is 25.3 Å². The molecular weight excluding hydrogens is 426 g/mol. The standard InChI is InChI=1S/C24H29N3O4S/c1-17(28)26-22(24(30)27-13-5-8-19(14-27)23(25)29)16-32-21-11-9-20(10-12-21)31-15-18-6-3-2-4-7-18/h2-4,6-7,9-12,19,22H,5,8,13-16H2,1H3,(H2,25,29)(H,26,28). The van der Waals surface area contributed by atoms with E-state index in [0.717, 1.165) is 22.6 Å². The molecule has 1 aliphatic rings. The van der Waals surface area contributed by atoms with Gasteiger partial charge in [0.15, 0.2) is 0 Å². The zero-order chi connectivity index (χ0) is 22.9. The molecule has 0 aliphatic carbocycles. The molecule has 7 nitrogen and oxygen atoms in total. The summed E-state index contributed by atoms with van der Waals surface area (Å²) in [6.07, 6.45) is 1.42. The highest BCUT2D eigenvalue weighted by Gasteiger charge is 2.31. The van der Waals surface area contributed by atoms with Gasteiger partial charge in [0.2, 0.25) is 17.7 Å². The van der Waals surface area contributed by atoms with Crippen molar-refractivity contribution in [3.63, 3.8) is 0 Å². The monoisotopic (exact) mass is 455 g/mol. The van der Waals surface area contributed by atoms with E-state index < -0.39 is 6.04 Å². The van der Waals surface area contributed by atoms with Gasteiger partial charge in [-0.3, -0.25) is 14.4 Å². The predicted molar refractivity (Wildman–Crippen MR) is 124 cm³/mol. The summed E-state index contributed by atoms with van der Waals surface area (Å²) >= 11 is 1.48. The second-order valence-corrected chi connectivity index (χ2v) is 8.93. The average Bonchev–Trinajstić information content (AvgIpc) is 2.81. The molecule has 2 aromatic rings. The van der Waals surface area contributed by atoms with Gasteiger partial charge in [-0.2, -0.15) is 0 Å². The van der Waals surface area contributed by atoms with Crippen molar-refractivity contribution in [2.24, 2.45) is 11.7 Å². The summed E-state index contributed by atoms with van der Waals surface area (Å²) in [5.41, 5.74) is 6.52. The van der Waals surface area contributed by atoms with E-state index in [2.05, 4.69) is 5.32 Å². The van der Waals surface area contributed by atoms with Crippen molar-refractivity contribution in [2.75, 3.05) is 18.8 Å². The Balaban J connectivity index is 1.55. The molecule has 0 saturated carbocycles.